The van der Waals surface area contributed by atoms with Gasteiger partial charge in [0.1, 0.15) is 5.75 Å². The molecule has 11 heteroatoms. The van der Waals surface area contributed by atoms with Crippen LogP contribution in [0.25, 0.3) is 11.4 Å². The lowest BCUT2D eigenvalue weighted by Crippen LogP contribution is -2.41. The van der Waals surface area contributed by atoms with Crippen LogP contribution in [-0.4, -0.2) is 57.9 Å². The number of hydrogen-bond donors (Lipinski definition) is 1. The molecule has 0 spiro atoms. The van der Waals surface area contributed by atoms with Crippen molar-refractivity contribution >= 4 is 24.2 Å². The van der Waals surface area contributed by atoms with Gasteiger partial charge < -0.3 is 24.1 Å². The summed E-state index contributed by atoms with van der Waals surface area (Å²) in [5.41, 5.74) is 1.33. The largest absolute Gasteiger partial charge is 0.494 e. The van der Waals surface area contributed by atoms with Crippen molar-refractivity contribution in [3.63, 3.8) is 0 Å². The van der Waals surface area contributed by atoms with E-state index in [1.807, 2.05) is 45.9 Å². The average Bonchev–Trinajstić information content (AvgIpc) is 3.23. The Bertz CT molecular complexity index is 1200. The Morgan fingerprint density at radius 2 is 1.89 bits per heavy atom. The van der Waals surface area contributed by atoms with Crippen LogP contribution in [0.3, 0.4) is 0 Å². The predicted octanol–water partition coefficient (Wildman–Crippen LogP) is 3.08. The Labute approximate surface area is 204 Å². The number of anilines is 2. The fourth-order valence-corrected chi connectivity index (χ4v) is 3.72. The molecule has 0 unspecified atom stereocenters. The molecule has 0 bridgehead atoms. The first-order valence-electron chi connectivity index (χ1n) is 11.6. The molecule has 2 aliphatic heterocycles. The summed E-state index contributed by atoms with van der Waals surface area (Å²) < 4.78 is 38.7. The van der Waals surface area contributed by atoms with E-state index in [1.54, 1.807) is 17.8 Å². The minimum Gasteiger partial charge on any atom is -0.491 e. The van der Waals surface area contributed by atoms with Crippen LogP contribution in [0.15, 0.2) is 36.5 Å². The number of aryl methyl sites for hydroxylation is 1. The summed E-state index contributed by atoms with van der Waals surface area (Å²) in [6.45, 7) is 10.0. The number of nitrogens with one attached hydrogen (secondary N) is 1. The molecule has 0 amide bonds. The zero-order valence-electron chi connectivity index (χ0n) is 20.5. The average molecular weight is 481 g/mol. The van der Waals surface area contributed by atoms with Gasteiger partial charge in [-0.05, 0) is 57.4 Å². The minimum atomic E-state index is -0.552. The Hall–Kier alpha value is -3.02. The molecule has 3 aromatic rings. The van der Waals surface area contributed by atoms with E-state index in [0.29, 0.717) is 48.8 Å². The van der Waals surface area contributed by atoms with Crippen LogP contribution in [0.4, 0.5) is 16.0 Å². The Morgan fingerprint density at radius 1 is 1.14 bits per heavy atom. The molecular weight excluding hydrogens is 452 g/mol. The lowest BCUT2D eigenvalue weighted by Gasteiger charge is -2.32. The Morgan fingerprint density at radius 3 is 2.51 bits per heavy atom. The zero-order chi connectivity index (χ0) is 24.8. The molecule has 2 fully saturated rings. The number of hydrogen-bond acceptors (Lipinski definition) is 8. The van der Waals surface area contributed by atoms with Crippen molar-refractivity contribution < 1.29 is 23.2 Å². The molecule has 35 heavy (non-hydrogen) atoms. The topological polar surface area (TPSA) is 92.6 Å². The maximum atomic E-state index is 13.2. The molecule has 5 rings (SSSR count). The van der Waals surface area contributed by atoms with Crippen LogP contribution >= 0.6 is 0 Å². The van der Waals surface area contributed by atoms with Crippen molar-refractivity contribution in [3.05, 3.63) is 42.5 Å². The van der Waals surface area contributed by atoms with Gasteiger partial charge in [-0.15, -0.1) is 5.10 Å². The van der Waals surface area contributed by atoms with Crippen LogP contribution < -0.4 is 15.5 Å². The van der Waals surface area contributed by atoms with E-state index in [4.69, 9.17) is 18.8 Å². The van der Waals surface area contributed by atoms with Gasteiger partial charge in [0.2, 0.25) is 11.9 Å². The number of benzene rings is 1. The number of ether oxygens (including phenoxy) is 2. The SMILES string of the molecule is Cn1nc(-c2ccc(F)nc2)nc1Nc1ccc(B2OC(C)(C)C(C)(C)O2)cc1OCC1COC1. The number of rotatable bonds is 7. The number of halogens is 1. The third kappa shape index (κ3) is 4.76. The highest BCUT2D eigenvalue weighted by molar-refractivity contribution is 6.62. The second-order valence-corrected chi connectivity index (χ2v) is 9.94. The summed E-state index contributed by atoms with van der Waals surface area (Å²) in [7, 11) is 1.27. The molecule has 4 heterocycles. The van der Waals surface area contributed by atoms with Crippen LogP contribution in [0.5, 0.6) is 5.75 Å². The van der Waals surface area contributed by atoms with E-state index in [2.05, 4.69) is 20.4 Å². The van der Waals surface area contributed by atoms with E-state index in [0.717, 1.165) is 11.2 Å². The first-order valence-corrected chi connectivity index (χ1v) is 11.6. The summed E-state index contributed by atoms with van der Waals surface area (Å²) in [6.07, 6.45) is 1.41. The standard InChI is InChI=1S/C24H29BFN5O4/c1-23(2)24(3,4)35-25(34-23)17-7-8-18(19(10-17)33-14-15-12-32-13-15)28-22-29-21(30-31(22)5)16-6-9-20(26)27-11-16/h6-11,15H,12-14H2,1-5H3,(H,28,29,30). The van der Waals surface area contributed by atoms with Crippen molar-refractivity contribution in [2.24, 2.45) is 13.0 Å². The van der Waals surface area contributed by atoms with E-state index < -0.39 is 24.3 Å². The Balaban J connectivity index is 1.41. The van der Waals surface area contributed by atoms with Gasteiger partial charge in [-0.25, -0.2) is 9.67 Å². The lowest BCUT2D eigenvalue weighted by atomic mass is 9.79. The molecule has 9 nitrogen and oxygen atoms in total. The molecule has 2 saturated heterocycles. The molecule has 2 aromatic heterocycles. The van der Waals surface area contributed by atoms with Crippen molar-refractivity contribution in [1.29, 1.82) is 0 Å². The zero-order valence-corrected chi connectivity index (χ0v) is 20.5. The summed E-state index contributed by atoms with van der Waals surface area (Å²) in [4.78, 5) is 8.24. The summed E-state index contributed by atoms with van der Waals surface area (Å²) >= 11 is 0. The summed E-state index contributed by atoms with van der Waals surface area (Å²) in [5, 5.41) is 7.74. The van der Waals surface area contributed by atoms with Crippen molar-refractivity contribution in [2.75, 3.05) is 25.1 Å². The summed E-state index contributed by atoms with van der Waals surface area (Å²) in [6, 6.07) is 8.68. The molecular formula is C24H29BFN5O4. The van der Waals surface area contributed by atoms with Gasteiger partial charge in [0.05, 0.1) is 36.7 Å². The second kappa shape index (κ2) is 8.89. The lowest BCUT2D eigenvalue weighted by molar-refractivity contribution is -0.0507. The van der Waals surface area contributed by atoms with Gasteiger partial charge in [0, 0.05) is 24.7 Å². The first kappa shape index (κ1) is 23.7. The van der Waals surface area contributed by atoms with Gasteiger partial charge in [-0.3, -0.25) is 0 Å². The number of nitrogens with zero attached hydrogens (tertiary/aromatic N) is 4. The van der Waals surface area contributed by atoms with Crippen molar-refractivity contribution in [3.8, 4) is 17.1 Å². The van der Waals surface area contributed by atoms with Gasteiger partial charge >= 0.3 is 7.12 Å². The fraction of sp³-hybridized carbons (Fsp3) is 0.458. The molecule has 0 saturated carbocycles. The molecule has 184 valence electrons. The van der Waals surface area contributed by atoms with Gasteiger partial charge in [0.15, 0.2) is 5.82 Å². The first-order chi connectivity index (χ1) is 16.6. The monoisotopic (exact) mass is 481 g/mol. The molecule has 0 radical (unpaired) electrons. The number of pyridine rings is 1. The molecule has 0 atom stereocenters. The number of aromatic nitrogens is 4. The highest BCUT2D eigenvalue weighted by Crippen LogP contribution is 2.37. The van der Waals surface area contributed by atoms with Gasteiger partial charge in [-0.1, -0.05) is 6.07 Å². The maximum Gasteiger partial charge on any atom is 0.494 e. The van der Waals surface area contributed by atoms with E-state index in [9.17, 15) is 4.39 Å². The third-order valence-corrected chi connectivity index (χ3v) is 6.71. The predicted molar refractivity (Wildman–Crippen MR) is 129 cm³/mol. The van der Waals surface area contributed by atoms with Crippen LogP contribution in [0, 0.1) is 11.9 Å². The van der Waals surface area contributed by atoms with E-state index >= 15 is 0 Å². The van der Waals surface area contributed by atoms with Crippen molar-refractivity contribution in [1.82, 2.24) is 19.7 Å². The quantitative estimate of drug-likeness (QED) is 0.407. The van der Waals surface area contributed by atoms with Gasteiger partial charge in [0.25, 0.3) is 0 Å². The van der Waals surface area contributed by atoms with Gasteiger partial charge in [-0.2, -0.15) is 9.37 Å². The van der Waals surface area contributed by atoms with Crippen LogP contribution in [0.1, 0.15) is 27.7 Å². The summed E-state index contributed by atoms with van der Waals surface area (Å²) in [5.74, 6) is 1.40. The molecule has 0 aliphatic carbocycles. The smallest absolute Gasteiger partial charge is 0.491 e. The van der Waals surface area contributed by atoms with Crippen LogP contribution in [0.2, 0.25) is 0 Å². The van der Waals surface area contributed by atoms with Crippen LogP contribution in [-0.2, 0) is 21.1 Å². The maximum absolute atomic E-state index is 13.2. The highest BCUT2D eigenvalue weighted by atomic mass is 19.1. The second-order valence-electron chi connectivity index (χ2n) is 9.94. The molecule has 2 aliphatic rings. The van der Waals surface area contributed by atoms with E-state index in [-0.39, 0.29) is 0 Å². The minimum absolute atomic E-state index is 0.357. The molecule has 1 aromatic carbocycles. The van der Waals surface area contributed by atoms with E-state index in [1.165, 1.54) is 12.3 Å². The Kier molecular flexibility index (Phi) is 6.02. The van der Waals surface area contributed by atoms with Crippen molar-refractivity contribution in [2.45, 2.75) is 38.9 Å². The normalized spacial score (nSPS) is 19.0. The molecule has 1 N–H and O–H groups in total. The third-order valence-electron chi connectivity index (χ3n) is 6.71. The fourth-order valence-electron chi connectivity index (χ4n) is 3.72. The highest BCUT2D eigenvalue weighted by Gasteiger charge is 2.51.